The molecule has 0 saturated carbocycles. The Kier molecular flexibility index (Phi) is 5.11. The molecule has 0 aliphatic carbocycles. The average Bonchev–Trinajstić information content (AvgIpc) is 2.24. The van der Waals surface area contributed by atoms with Crippen molar-refractivity contribution in [2.75, 3.05) is 11.9 Å². The predicted octanol–water partition coefficient (Wildman–Crippen LogP) is 2.00. The van der Waals surface area contributed by atoms with Crippen LogP contribution in [0.4, 0.5) is 0 Å². The Morgan fingerprint density at radius 3 is 2.69 bits per heavy atom. The zero-order valence-corrected chi connectivity index (χ0v) is 10.3. The Bertz CT molecular complexity index is 368. The van der Waals surface area contributed by atoms with Crippen LogP contribution in [0.5, 0.6) is 11.5 Å². The fraction of sp³-hybridized carbons (Fsp3) is 0.364. The van der Waals surface area contributed by atoms with Gasteiger partial charge in [-0.25, -0.2) is 0 Å². The van der Waals surface area contributed by atoms with E-state index < -0.39 is 0 Å². The van der Waals surface area contributed by atoms with Gasteiger partial charge < -0.3 is 15.5 Å². The van der Waals surface area contributed by atoms with Gasteiger partial charge in [0, 0.05) is 17.9 Å². The second-order valence-electron chi connectivity index (χ2n) is 3.35. The van der Waals surface area contributed by atoms with Crippen molar-refractivity contribution in [1.29, 1.82) is 0 Å². The number of halogens is 1. The largest absolute Gasteiger partial charge is 0.508 e. The van der Waals surface area contributed by atoms with E-state index in [2.05, 4.69) is 21.2 Å². The fourth-order valence-electron chi connectivity index (χ4n) is 1.23. The van der Waals surface area contributed by atoms with E-state index in [1.807, 2.05) is 0 Å². The summed E-state index contributed by atoms with van der Waals surface area (Å²) in [7, 11) is 0. The number of phenolic OH excluding ortho intramolecular Hbond substituents is 2. The van der Waals surface area contributed by atoms with Crippen molar-refractivity contribution < 1.29 is 15.0 Å². The van der Waals surface area contributed by atoms with E-state index in [1.165, 1.54) is 12.1 Å². The van der Waals surface area contributed by atoms with E-state index in [0.717, 1.165) is 24.2 Å². The molecule has 0 bridgehead atoms. The maximum atomic E-state index is 11.6. The van der Waals surface area contributed by atoms with E-state index in [-0.39, 0.29) is 23.0 Å². The molecule has 3 N–H and O–H groups in total. The average molecular weight is 288 g/mol. The van der Waals surface area contributed by atoms with Gasteiger partial charge in [-0.05, 0) is 25.0 Å². The molecule has 1 aromatic rings. The van der Waals surface area contributed by atoms with Crippen molar-refractivity contribution in [3.63, 3.8) is 0 Å². The normalized spacial score (nSPS) is 10.1. The molecule has 1 amide bonds. The van der Waals surface area contributed by atoms with Gasteiger partial charge in [0.1, 0.15) is 11.5 Å². The summed E-state index contributed by atoms with van der Waals surface area (Å²) in [5.74, 6) is -0.599. The zero-order chi connectivity index (χ0) is 12.0. The van der Waals surface area contributed by atoms with Gasteiger partial charge in [-0.15, -0.1) is 0 Å². The zero-order valence-electron chi connectivity index (χ0n) is 8.74. The third-order valence-corrected chi connectivity index (χ3v) is 2.63. The summed E-state index contributed by atoms with van der Waals surface area (Å²) in [5, 5.41) is 22.1. The van der Waals surface area contributed by atoms with Crippen LogP contribution in [0.1, 0.15) is 23.2 Å². The second kappa shape index (κ2) is 6.37. The lowest BCUT2D eigenvalue weighted by Gasteiger charge is -2.06. The number of hydrogen-bond acceptors (Lipinski definition) is 3. The number of phenols is 2. The van der Waals surface area contributed by atoms with Gasteiger partial charge in [-0.1, -0.05) is 15.9 Å². The lowest BCUT2D eigenvalue weighted by Crippen LogP contribution is -2.24. The van der Waals surface area contributed by atoms with Crippen molar-refractivity contribution >= 4 is 21.8 Å². The maximum absolute atomic E-state index is 11.6. The van der Waals surface area contributed by atoms with Crippen LogP contribution in [0.25, 0.3) is 0 Å². The van der Waals surface area contributed by atoms with Crippen LogP contribution in [0.15, 0.2) is 18.2 Å². The van der Waals surface area contributed by atoms with Crippen molar-refractivity contribution in [2.24, 2.45) is 0 Å². The van der Waals surface area contributed by atoms with Crippen LogP contribution in [0.2, 0.25) is 0 Å². The summed E-state index contributed by atoms with van der Waals surface area (Å²) < 4.78 is 0. The molecular formula is C11H14BrNO3. The van der Waals surface area contributed by atoms with E-state index in [9.17, 15) is 9.90 Å². The molecule has 16 heavy (non-hydrogen) atoms. The number of aromatic hydroxyl groups is 2. The quantitative estimate of drug-likeness (QED) is 0.573. The Morgan fingerprint density at radius 1 is 1.31 bits per heavy atom. The summed E-state index contributed by atoms with van der Waals surface area (Å²) in [6, 6.07) is 3.91. The van der Waals surface area contributed by atoms with Crippen LogP contribution in [-0.2, 0) is 0 Å². The molecule has 0 unspecified atom stereocenters. The molecule has 1 rings (SSSR count). The minimum atomic E-state index is -0.327. The van der Waals surface area contributed by atoms with Crippen molar-refractivity contribution in [3.8, 4) is 11.5 Å². The van der Waals surface area contributed by atoms with Gasteiger partial charge >= 0.3 is 0 Å². The highest BCUT2D eigenvalue weighted by Gasteiger charge is 2.10. The predicted molar refractivity (Wildman–Crippen MR) is 65.1 cm³/mol. The first-order chi connectivity index (χ1) is 7.65. The molecule has 1 aromatic carbocycles. The number of unbranched alkanes of at least 4 members (excludes halogenated alkanes) is 1. The number of hydrogen-bond donors (Lipinski definition) is 3. The topological polar surface area (TPSA) is 69.6 Å². The first-order valence-electron chi connectivity index (χ1n) is 5.01. The van der Waals surface area contributed by atoms with Crippen LogP contribution >= 0.6 is 15.9 Å². The SMILES string of the molecule is O=C(NCCCCBr)c1ccc(O)cc1O. The summed E-state index contributed by atoms with van der Waals surface area (Å²) in [6.45, 7) is 0.574. The van der Waals surface area contributed by atoms with Crippen molar-refractivity contribution in [2.45, 2.75) is 12.8 Å². The molecule has 0 aliphatic rings. The van der Waals surface area contributed by atoms with Crippen LogP contribution in [-0.4, -0.2) is 28.0 Å². The molecule has 0 heterocycles. The first-order valence-corrected chi connectivity index (χ1v) is 6.13. The summed E-state index contributed by atoms with van der Waals surface area (Å²) in [6.07, 6.45) is 1.87. The van der Waals surface area contributed by atoms with Gasteiger partial charge in [-0.3, -0.25) is 4.79 Å². The van der Waals surface area contributed by atoms with E-state index in [4.69, 9.17) is 5.11 Å². The van der Waals surface area contributed by atoms with Crippen molar-refractivity contribution in [1.82, 2.24) is 5.32 Å². The number of carbonyl (C=O) groups excluding carboxylic acids is 1. The molecule has 4 nitrogen and oxygen atoms in total. The van der Waals surface area contributed by atoms with Crippen molar-refractivity contribution in [3.05, 3.63) is 23.8 Å². The third-order valence-electron chi connectivity index (χ3n) is 2.07. The molecule has 0 aliphatic heterocycles. The number of rotatable bonds is 5. The highest BCUT2D eigenvalue weighted by molar-refractivity contribution is 9.09. The summed E-state index contributed by atoms with van der Waals surface area (Å²) in [5.41, 5.74) is 0.177. The molecule has 0 fully saturated rings. The van der Waals surface area contributed by atoms with Gasteiger partial charge in [0.25, 0.3) is 5.91 Å². The van der Waals surface area contributed by atoms with Gasteiger partial charge in [0.05, 0.1) is 5.56 Å². The number of carbonyl (C=O) groups is 1. The lowest BCUT2D eigenvalue weighted by atomic mass is 10.2. The third kappa shape index (κ3) is 3.73. The molecule has 0 aromatic heterocycles. The highest BCUT2D eigenvalue weighted by Crippen LogP contribution is 2.22. The van der Waals surface area contributed by atoms with E-state index in [0.29, 0.717) is 6.54 Å². The maximum Gasteiger partial charge on any atom is 0.255 e. The number of alkyl halides is 1. The highest BCUT2D eigenvalue weighted by atomic mass is 79.9. The second-order valence-corrected chi connectivity index (χ2v) is 4.15. The summed E-state index contributed by atoms with van der Waals surface area (Å²) >= 11 is 3.30. The fourth-order valence-corrected chi connectivity index (χ4v) is 1.63. The molecule has 88 valence electrons. The Labute approximate surface area is 102 Å². The van der Waals surface area contributed by atoms with Gasteiger partial charge in [0.15, 0.2) is 0 Å². The van der Waals surface area contributed by atoms with Crippen LogP contribution < -0.4 is 5.32 Å². The van der Waals surface area contributed by atoms with Crippen LogP contribution in [0.3, 0.4) is 0 Å². The van der Waals surface area contributed by atoms with E-state index in [1.54, 1.807) is 0 Å². The van der Waals surface area contributed by atoms with Gasteiger partial charge in [-0.2, -0.15) is 0 Å². The number of nitrogens with one attached hydrogen (secondary N) is 1. The molecular weight excluding hydrogens is 274 g/mol. The molecule has 0 atom stereocenters. The molecule has 0 saturated heterocycles. The number of amides is 1. The minimum Gasteiger partial charge on any atom is -0.508 e. The molecule has 0 spiro atoms. The first kappa shape index (κ1) is 12.8. The van der Waals surface area contributed by atoms with Gasteiger partial charge in [0.2, 0.25) is 0 Å². The van der Waals surface area contributed by atoms with Crippen LogP contribution in [0, 0.1) is 0 Å². The molecule has 5 heteroatoms. The Morgan fingerprint density at radius 2 is 2.06 bits per heavy atom. The summed E-state index contributed by atoms with van der Waals surface area (Å²) in [4.78, 5) is 11.6. The lowest BCUT2D eigenvalue weighted by molar-refractivity contribution is 0.0950. The molecule has 0 radical (unpaired) electrons. The Balaban J connectivity index is 2.53. The standard InChI is InChI=1S/C11H14BrNO3/c12-5-1-2-6-13-11(16)9-4-3-8(14)7-10(9)15/h3-4,7,14-15H,1-2,5-6H2,(H,13,16). The number of benzene rings is 1. The minimum absolute atomic E-state index is 0.0617. The van der Waals surface area contributed by atoms with E-state index >= 15 is 0 Å². The Hall–Kier alpha value is -1.23. The smallest absolute Gasteiger partial charge is 0.255 e. The monoisotopic (exact) mass is 287 g/mol.